The van der Waals surface area contributed by atoms with Crippen molar-refractivity contribution in [2.45, 2.75) is 0 Å². The number of para-hydroxylation sites is 1. The van der Waals surface area contributed by atoms with E-state index in [-0.39, 0.29) is 11.5 Å². The summed E-state index contributed by atoms with van der Waals surface area (Å²) in [6.45, 7) is 0. The number of aromatic nitrogens is 2. The first-order chi connectivity index (χ1) is 14.4. The van der Waals surface area contributed by atoms with E-state index in [4.69, 9.17) is 22.1 Å². The van der Waals surface area contributed by atoms with E-state index in [2.05, 4.69) is 20.8 Å². The summed E-state index contributed by atoms with van der Waals surface area (Å²) < 4.78 is 4.83. The molecule has 154 valence electrons. The largest absolute Gasteiger partial charge is 0.465 e. The fourth-order valence-electron chi connectivity index (χ4n) is 2.74. The summed E-state index contributed by atoms with van der Waals surface area (Å²) in [5, 5.41) is 0.312. The Balaban J connectivity index is 1.84. The van der Waals surface area contributed by atoms with Gasteiger partial charge in [0.1, 0.15) is 12.0 Å². The van der Waals surface area contributed by atoms with Crippen molar-refractivity contribution >= 4 is 46.5 Å². The van der Waals surface area contributed by atoms with Gasteiger partial charge < -0.3 is 15.4 Å². The molecule has 0 saturated heterocycles. The van der Waals surface area contributed by atoms with Crippen LogP contribution in [0.5, 0.6) is 0 Å². The molecule has 0 atom stereocenters. The average Bonchev–Trinajstić information content (AvgIpc) is 2.77. The number of nitrogen functional groups attached to an aromatic ring is 1. The number of benzene rings is 2. The second-order valence-electron chi connectivity index (χ2n) is 6.09. The molecule has 9 nitrogen and oxygen atoms in total. The second-order valence-corrected chi connectivity index (χ2v) is 6.49. The number of methoxy groups -OCH3 is 1. The standard InChI is InChI=1S/C20H19ClN6O3/c1-27(15-10-6-4-8-13(15)20(29)30-2)18-16(22)17(23-11-24-18)25-26-19(28)12-7-3-5-9-14(12)21/h3-11H,22H2,1-2H3,(H,26,28)(H,23,24,25). The van der Waals surface area contributed by atoms with E-state index in [0.29, 0.717) is 27.7 Å². The zero-order chi connectivity index (χ0) is 21.7. The van der Waals surface area contributed by atoms with Crippen molar-refractivity contribution in [3.8, 4) is 0 Å². The highest BCUT2D eigenvalue weighted by molar-refractivity contribution is 6.33. The molecular weight excluding hydrogens is 408 g/mol. The monoisotopic (exact) mass is 426 g/mol. The van der Waals surface area contributed by atoms with Crippen LogP contribution in [0.2, 0.25) is 5.02 Å². The molecule has 1 amide bonds. The van der Waals surface area contributed by atoms with E-state index < -0.39 is 11.9 Å². The third kappa shape index (κ3) is 4.26. The number of nitrogens with two attached hydrogens (primary N) is 1. The first-order valence-corrected chi connectivity index (χ1v) is 9.14. The van der Waals surface area contributed by atoms with Gasteiger partial charge in [0.15, 0.2) is 11.6 Å². The van der Waals surface area contributed by atoms with Gasteiger partial charge in [0.25, 0.3) is 5.91 Å². The number of rotatable bonds is 6. The highest BCUT2D eigenvalue weighted by atomic mass is 35.5. The lowest BCUT2D eigenvalue weighted by Gasteiger charge is -2.23. The molecule has 3 rings (SSSR count). The van der Waals surface area contributed by atoms with Crippen molar-refractivity contribution in [3.05, 3.63) is 71.0 Å². The van der Waals surface area contributed by atoms with Crippen molar-refractivity contribution in [2.24, 2.45) is 0 Å². The number of hydrogen-bond donors (Lipinski definition) is 3. The van der Waals surface area contributed by atoms with E-state index in [0.717, 1.165) is 0 Å². The molecule has 1 heterocycles. The van der Waals surface area contributed by atoms with Gasteiger partial charge in [-0.3, -0.25) is 15.6 Å². The molecule has 3 aromatic rings. The van der Waals surface area contributed by atoms with Crippen LogP contribution in [-0.4, -0.2) is 36.0 Å². The van der Waals surface area contributed by atoms with Gasteiger partial charge >= 0.3 is 5.97 Å². The van der Waals surface area contributed by atoms with Crippen molar-refractivity contribution in [3.63, 3.8) is 0 Å². The van der Waals surface area contributed by atoms with Gasteiger partial charge in [-0.2, -0.15) is 0 Å². The van der Waals surface area contributed by atoms with Gasteiger partial charge in [-0.1, -0.05) is 35.9 Å². The zero-order valence-electron chi connectivity index (χ0n) is 16.2. The number of amides is 1. The van der Waals surface area contributed by atoms with Crippen LogP contribution in [0.25, 0.3) is 0 Å². The van der Waals surface area contributed by atoms with Crippen molar-refractivity contribution in [1.29, 1.82) is 0 Å². The fraction of sp³-hybridized carbons (Fsp3) is 0.100. The predicted molar refractivity (Wildman–Crippen MR) is 115 cm³/mol. The number of nitrogens with zero attached hydrogens (tertiary/aromatic N) is 3. The first kappa shape index (κ1) is 20.9. The molecule has 0 radical (unpaired) electrons. The van der Waals surface area contributed by atoms with Crippen LogP contribution >= 0.6 is 11.6 Å². The highest BCUT2D eigenvalue weighted by Crippen LogP contribution is 2.32. The van der Waals surface area contributed by atoms with E-state index >= 15 is 0 Å². The van der Waals surface area contributed by atoms with Crippen molar-refractivity contribution in [2.75, 3.05) is 30.2 Å². The van der Waals surface area contributed by atoms with Gasteiger partial charge in [0.05, 0.1) is 28.9 Å². The Labute approximate surface area is 177 Å². The number of hydrogen-bond acceptors (Lipinski definition) is 8. The lowest BCUT2D eigenvalue weighted by Crippen LogP contribution is -2.31. The molecule has 0 aliphatic rings. The minimum atomic E-state index is -0.490. The van der Waals surface area contributed by atoms with E-state index in [9.17, 15) is 9.59 Å². The Kier molecular flexibility index (Phi) is 6.33. The van der Waals surface area contributed by atoms with Crippen LogP contribution in [0, 0.1) is 0 Å². The van der Waals surface area contributed by atoms with E-state index in [1.165, 1.54) is 13.4 Å². The highest BCUT2D eigenvalue weighted by Gasteiger charge is 2.20. The number of anilines is 4. The first-order valence-electron chi connectivity index (χ1n) is 8.76. The summed E-state index contributed by atoms with van der Waals surface area (Å²) in [5.74, 6) is -0.432. The molecule has 0 spiro atoms. The SMILES string of the molecule is COC(=O)c1ccccc1N(C)c1ncnc(NNC(=O)c2ccccc2Cl)c1N. The second kappa shape index (κ2) is 9.10. The van der Waals surface area contributed by atoms with Gasteiger partial charge in [0.2, 0.25) is 0 Å². The van der Waals surface area contributed by atoms with Crippen LogP contribution < -0.4 is 21.5 Å². The van der Waals surface area contributed by atoms with Crippen molar-refractivity contribution in [1.82, 2.24) is 15.4 Å². The smallest absolute Gasteiger partial charge is 0.339 e. The number of nitrogens with one attached hydrogen (secondary N) is 2. The Morgan fingerprint density at radius 2 is 1.73 bits per heavy atom. The van der Waals surface area contributed by atoms with Gasteiger partial charge in [0, 0.05) is 7.05 Å². The van der Waals surface area contributed by atoms with Crippen LogP contribution in [0.15, 0.2) is 54.9 Å². The third-order valence-electron chi connectivity index (χ3n) is 4.26. The van der Waals surface area contributed by atoms with Gasteiger partial charge in [-0.05, 0) is 24.3 Å². The molecule has 30 heavy (non-hydrogen) atoms. The number of hydrazine groups is 1. The van der Waals surface area contributed by atoms with Gasteiger partial charge in [-0.15, -0.1) is 0 Å². The minimum absolute atomic E-state index is 0.166. The molecule has 0 fully saturated rings. The van der Waals surface area contributed by atoms with Crippen LogP contribution in [0.3, 0.4) is 0 Å². The van der Waals surface area contributed by atoms with Crippen LogP contribution in [0.4, 0.5) is 23.0 Å². The molecule has 1 aromatic heterocycles. The molecule has 10 heteroatoms. The van der Waals surface area contributed by atoms with E-state index in [1.807, 2.05) is 0 Å². The number of carbonyl (C=O) groups excluding carboxylic acids is 2. The Morgan fingerprint density at radius 3 is 2.43 bits per heavy atom. The molecule has 2 aromatic carbocycles. The predicted octanol–water partition coefficient (Wildman–Crippen LogP) is 3.02. The third-order valence-corrected chi connectivity index (χ3v) is 4.59. The molecule has 0 aliphatic heterocycles. The van der Waals surface area contributed by atoms with Crippen molar-refractivity contribution < 1.29 is 14.3 Å². The lowest BCUT2D eigenvalue weighted by atomic mass is 10.1. The maximum atomic E-state index is 12.3. The molecular formula is C20H19ClN6O3. The Bertz CT molecular complexity index is 1090. The number of halogens is 1. The zero-order valence-corrected chi connectivity index (χ0v) is 17.0. The molecule has 0 saturated carbocycles. The number of carbonyl (C=O) groups is 2. The topological polar surface area (TPSA) is 122 Å². The van der Waals surface area contributed by atoms with Gasteiger partial charge in [-0.25, -0.2) is 14.8 Å². The summed E-state index contributed by atoms with van der Waals surface area (Å²) >= 11 is 6.04. The summed E-state index contributed by atoms with van der Waals surface area (Å²) in [7, 11) is 3.01. The summed E-state index contributed by atoms with van der Waals surface area (Å²) in [6.07, 6.45) is 1.28. The average molecular weight is 427 g/mol. The molecule has 4 N–H and O–H groups in total. The molecule has 0 unspecified atom stereocenters. The fourth-order valence-corrected chi connectivity index (χ4v) is 2.97. The van der Waals surface area contributed by atoms with Crippen LogP contribution in [0.1, 0.15) is 20.7 Å². The number of esters is 1. The molecule has 0 aliphatic carbocycles. The maximum Gasteiger partial charge on any atom is 0.339 e. The normalized spacial score (nSPS) is 10.2. The molecule has 0 bridgehead atoms. The quantitative estimate of drug-likeness (QED) is 0.406. The minimum Gasteiger partial charge on any atom is -0.465 e. The maximum absolute atomic E-state index is 12.3. The number of ether oxygens (including phenoxy) is 1. The van der Waals surface area contributed by atoms with Crippen LogP contribution in [-0.2, 0) is 4.74 Å². The summed E-state index contributed by atoms with van der Waals surface area (Å²) in [5.41, 5.74) is 12.8. The lowest BCUT2D eigenvalue weighted by molar-refractivity contribution is 0.0601. The Morgan fingerprint density at radius 1 is 1.07 bits per heavy atom. The summed E-state index contributed by atoms with van der Waals surface area (Å²) in [6, 6.07) is 13.5. The Hall–Kier alpha value is -3.85. The van der Waals surface area contributed by atoms with E-state index in [1.54, 1.807) is 60.5 Å². The summed E-state index contributed by atoms with van der Waals surface area (Å²) in [4.78, 5) is 34.3.